The van der Waals surface area contributed by atoms with Crippen LogP contribution in [0.25, 0.3) is 22.6 Å². The molecule has 0 saturated heterocycles. The van der Waals surface area contributed by atoms with Gasteiger partial charge in [-0.15, -0.1) is 10.2 Å². The molecule has 0 aliphatic carbocycles. The molecule has 9 heteroatoms. The number of halogens is 3. The summed E-state index contributed by atoms with van der Waals surface area (Å²) in [4.78, 5) is 4.69. The molecule has 6 nitrogen and oxygen atoms in total. The lowest BCUT2D eigenvalue weighted by molar-refractivity contribution is -0.137. The van der Waals surface area contributed by atoms with Crippen LogP contribution in [0.15, 0.2) is 36.4 Å². The number of fused-ring (bicyclic) bond motifs is 2. The van der Waals surface area contributed by atoms with Crippen LogP contribution in [0, 0.1) is 6.92 Å². The zero-order valence-corrected chi connectivity index (χ0v) is 15.5. The number of benzene rings is 1. The van der Waals surface area contributed by atoms with E-state index >= 15 is 0 Å². The number of aromatic nitrogens is 6. The number of alkyl halides is 3. The molecule has 1 N–H and O–H groups in total. The zero-order valence-electron chi connectivity index (χ0n) is 15.5. The molecule has 1 atom stereocenters. The highest BCUT2D eigenvalue weighted by Crippen LogP contribution is 2.36. The van der Waals surface area contributed by atoms with Gasteiger partial charge in [-0.25, -0.2) is 4.98 Å². The van der Waals surface area contributed by atoms with Gasteiger partial charge in [0.1, 0.15) is 17.0 Å². The van der Waals surface area contributed by atoms with Crippen LogP contribution in [-0.4, -0.2) is 29.9 Å². The number of aryl methyl sites for hydroxylation is 2. The first-order valence-electron chi connectivity index (χ1n) is 9.35. The van der Waals surface area contributed by atoms with E-state index in [9.17, 15) is 13.2 Å². The molecule has 5 rings (SSSR count). The number of nitrogens with one attached hydrogen (secondary N) is 1. The van der Waals surface area contributed by atoms with Gasteiger partial charge >= 0.3 is 6.18 Å². The van der Waals surface area contributed by atoms with E-state index in [1.165, 1.54) is 0 Å². The van der Waals surface area contributed by atoms with Gasteiger partial charge in [0.15, 0.2) is 5.82 Å². The van der Waals surface area contributed by atoms with Crippen LogP contribution in [-0.2, 0) is 12.6 Å². The summed E-state index contributed by atoms with van der Waals surface area (Å²) in [7, 11) is 0. The maximum atomic E-state index is 12.9. The van der Waals surface area contributed by atoms with Crippen LogP contribution >= 0.6 is 0 Å². The lowest BCUT2D eigenvalue weighted by atomic mass is 9.96. The molecule has 4 aromatic rings. The summed E-state index contributed by atoms with van der Waals surface area (Å²) < 4.78 is 40.8. The van der Waals surface area contributed by atoms with Crippen molar-refractivity contribution < 1.29 is 13.2 Å². The molecule has 148 valence electrons. The molecule has 0 saturated carbocycles. The van der Waals surface area contributed by atoms with Gasteiger partial charge < -0.3 is 4.57 Å². The highest BCUT2D eigenvalue weighted by atomic mass is 19.4. The average Bonchev–Trinajstić information content (AvgIpc) is 3.31. The quantitative estimate of drug-likeness (QED) is 0.541. The number of nitrogens with zero attached hydrogens (tertiary/aromatic N) is 5. The number of H-pyrrole nitrogens is 1. The topological polar surface area (TPSA) is 72.3 Å². The van der Waals surface area contributed by atoms with Gasteiger partial charge in [-0.1, -0.05) is 12.1 Å². The van der Waals surface area contributed by atoms with E-state index in [2.05, 4.69) is 20.4 Å². The molecule has 1 aromatic carbocycles. The van der Waals surface area contributed by atoms with E-state index in [0.717, 1.165) is 59.5 Å². The molecule has 29 heavy (non-hydrogen) atoms. The van der Waals surface area contributed by atoms with Gasteiger partial charge in [0.05, 0.1) is 22.8 Å². The van der Waals surface area contributed by atoms with Crippen molar-refractivity contribution in [1.82, 2.24) is 29.9 Å². The Balaban J connectivity index is 1.59. The van der Waals surface area contributed by atoms with Crippen LogP contribution in [0.2, 0.25) is 0 Å². The SMILES string of the molecule is Cc1n[nH]c2ccc(-c3nnc4n3C(c3ccc(C(F)(F)F)cc3)CCC4)nc12. The summed E-state index contributed by atoms with van der Waals surface area (Å²) in [5, 5.41) is 15.8. The van der Waals surface area contributed by atoms with Crippen molar-refractivity contribution in [3.8, 4) is 11.5 Å². The number of pyridine rings is 1. The van der Waals surface area contributed by atoms with E-state index in [1.807, 2.05) is 23.6 Å². The molecule has 0 spiro atoms. The highest BCUT2D eigenvalue weighted by molar-refractivity contribution is 5.79. The third-order valence-electron chi connectivity index (χ3n) is 5.39. The standard InChI is InChI=1S/C20H17F3N6/c1-11-18-14(26-25-11)9-10-15(24-18)19-28-27-17-4-2-3-16(29(17)19)12-5-7-13(8-6-12)20(21,22)23/h5-10,16H,2-4H2,1H3,(H,25,26). The lowest BCUT2D eigenvalue weighted by Gasteiger charge is -2.26. The monoisotopic (exact) mass is 398 g/mol. The van der Waals surface area contributed by atoms with Gasteiger partial charge in [-0.05, 0) is 49.6 Å². The maximum absolute atomic E-state index is 12.9. The molecule has 0 bridgehead atoms. The zero-order chi connectivity index (χ0) is 20.2. The molecular formula is C20H17F3N6. The molecule has 1 aliphatic rings. The summed E-state index contributed by atoms with van der Waals surface area (Å²) >= 11 is 0. The molecule has 1 unspecified atom stereocenters. The smallest absolute Gasteiger partial charge is 0.302 e. The van der Waals surface area contributed by atoms with Crippen molar-refractivity contribution in [1.29, 1.82) is 0 Å². The second-order valence-electron chi connectivity index (χ2n) is 7.24. The number of aromatic amines is 1. The Morgan fingerprint density at radius 3 is 2.62 bits per heavy atom. The molecule has 0 amide bonds. The minimum absolute atomic E-state index is 0.131. The van der Waals surface area contributed by atoms with E-state index in [0.29, 0.717) is 11.5 Å². The Hall–Kier alpha value is -3.23. The van der Waals surface area contributed by atoms with E-state index < -0.39 is 11.7 Å². The fourth-order valence-corrected chi connectivity index (χ4v) is 3.94. The van der Waals surface area contributed by atoms with Crippen molar-refractivity contribution in [3.05, 3.63) is 59.0 Å². The first-order valence-corrected chi connectivity index (χ1v) is 9.35. The molecule has 4 heterocycles. The van der Waals surface area contributed by atoms with Gasteiger partial charge in [0, 0.05) is 6.42 Å². The van der Waals surface area contributed by atoms with Crippen LogP contribution in [0.5, 0.6) is 0 Å². The minimum atomic E-state index is -4.35. The average molecular weight is 398 g/mol. The lowest BCUT2D eigenvalue weighted by Crippen LogP contribution is -2.20. The maximum Gasteiger partial charge on any atom is 0.416 e. The second-order valence-corrected chi connectivity index (χ2v) is 7.24. The first-order chi connectivity index (χ1) is 13.9. The van der Waals surface area contributed by atoms with Crippen LogP contribution in [0.3, 0.4) is 0 Å². The van der Waals surface area contributed by atoms with Crippen molar-refractivity contribution in [2.24, 2.45) is 0 Å². The van der Waals surface area contributed by atoms with Crippen LogP contribution in [0.4, 0.5) is 13.2 Å². The van der Waals surface area contributed by atoms with Gasteiger partial charge in [0.25, 0.3) is 0 Å². The normalized spacial score (nSPS) is 16.9. The van der Waals surface area contributed by atoms with Crippen LogP contribution < -0.4 is 0 Å². The Bertz CT molecular complexity index is 1190. The minimum Gasteiger partial charge on any atom is -0.302 e. The Labute approximate surface area is 163 Å². The fraction of sp³-hybridized carbons (Fsp3) is 0.300. The second kappa shape index (κ2) is 6.40. The Morgan fingerprint density at radius 1 is 1.07 bits per heavy atom. The largest absolute Gasteiger partial charge is 0.416 e. The Morgan fingerprint density at radius 2 is 1.86 bits per heavy atom. The number of hydrogen-bond acceptors (Lipinski definition) is 4. The van der Waals surface area contributed by atoms with Gasteiger partial charge in [0.2, 0.25) is 0 Å². The predicted octanol–water partition coefficient (Wildman–Crippen LogP) is 4.47. The fourth-order valence-electron chi connectivity index (χ4n) is 3.94. The summed E-state index contributed by atoms with van der Waals surface area (Å²) in [6, 6.07) is 8.98. The highest BCUT2D eigenvalue weighted by Gasteiger charge is 2.31. The summed E-state index contributed by atoms with van der Waals surface area (Å²) in [6.07, 6.45) is -1.87. The van der Waals surface area contributed by atoms with Crippen molar-refractivity contribution in [2.45, 2.75) is 38.4 Å². The molecule has 1 aliphatic heterocycles. The van der Waals surface area contributed by atoms with Crippen LogP contribution in [0.1, 0.15) is 41.5 Å². The number of rotatable bonds is 2. The predicted molar refractivity (Wildman–Crippen MR) is 100 cm³/mol. The molecule has 0 fully saturated rings. The third-order valence-corrected chi connectivity index (χ3v) is 5.39. The Kier molecular flexibility index (Phi) is 3.94. The summed E-state index contributed by atoms with van der Waals surface area (Å²) in [6.45, 7) is 1.87. The molecule has 0 radical (unpaired) electrons. The molecular weight excluding hydrogens is 381 g/mol. The number of hydrogen-bond donors (Lipinski definition) is 1. The van der Waals surface area contributed by atoms with Crippen molar-refractivity contribution in [2.75, 3.05) is 0 Å². The van der Waals surface area contributed by atoms with Gasteiger partial charge in [-0.3, -0.25) is 5.10 Å². The summed E-state index contributed by atoms with van der Waals surface area (Å²) in [5.74, 6) is 1.44. The van der Waals surface area contributed by atoms with E-state index in [4.69, 9.17) is 4.98 Å². The van der Waals surface area contributed by atoms with Crippen molar-refractivity contribution in [3.63, 3.8) is 0 Å². The van der Waals surface area contributed by atoms with Gasteiger partial charge in [-0.2, -0.15) is 18.3 Å². The third kappa shape index (κ3) is 2.97. The first kappa shape index (κ1) is 17.8. The van der Waals surface area contributed by atoms with Crippen molar-refractivity contribution >= 4 is 11.0 Å². The molecule has 3 aromatic heterocycles. The summed E-state index contributed by atoms with van der Waals surface area (Å²) in [5.41, 5.74) is 3.22. The van der Waals surface area contributed by atoms with E-state index in [-0.39, 0.29) is 6.04 Å². The van der Waals surface area contributed by atoms with E-state index in [1.54, 1.807) is 12.1 Å².